The Morgan fingerprint density at radius 1 is 1.18 bits per heavy atom. The summed E-state index contributed by atoms with van der Waals surface area (Å²) in [4.78, 5) is 37.6. The molecule has 10 heteroatoms. The number of nitrogens with one attached hydrogen (secondary N) is 2. The van der Waals surface area contributed by atoms with E-state index in [4.69, 9.17) is 9.47 Å². The third kappa shape index (κ3) is 4.56. The normalized spacial score (nSPS) is 21.1. The minimum absolute atomic E-state index is 0.0777. The van der Waals surface area contributed by atoms with Crippen LogP contribution in [-0.4, -0.2) is 43.7 Å². The molecule has 2 N–H and O–H groups in total. The van der Waals surface area contributed by atoms with Gasteiger partial charge in [-0.15, -0.1) is 0 Å². The van der Waals surface area contributed by atoms with E-state index in [1.165, 1.54) is 0 Å². The van der Waals surface area contributed by atoms with Gasteiger partial charge in [-0.1, -0.05) is 0 Å². The molecule has 5 rings (SSSR count). The number of nitrogens with zero attached hydrogens (tertiary/aromatic N) is 4. The van der Waals surface area contributed by atoms with Crippen molar-refractivity contribution in [3.63, 3.8) is 0 Å². The zero-order chi connectivity index (χ0) is 22.9. The minimum atomic E-state index is -0.613. The van der Waals surface area contributed by atoms with Crippen molar-refractivity contribution in [3.8, 4) is 17.3 Å². The number of amides is 3. The van der Waals surface area contributed by atoms with E-state index in [-0.39, 0.29) is 24.0 Å². The van der Waals surface area contributed by atoms with E-state index >= 15 is 0 Å². The molecule has 3 amide bonds. The van der Waals surface area contributed by atoms with Gasteiger partial charge in [-0.3, -0.25) is 20.0 Å². The summed E-state index contributed by atoms with van der Waals surface area (Å²) in [5.41, 5.74) is 1.47. The summed E-state index contributed by atoms with van der Waals surface area (Å²) in [6.45, 7) is 3.68. The highest BCUT2D eigenvalue weighted by Crippen LogP contribution is 2.38. The van der Waals surface area contributed by atoms with Crippen LogP contribution in [-0.2, 0) is 9.53 Å². The largest absolute Gasteiger partial charge is 0.455 e. The molecule has 0 aliphatic carbocycles. The molecule has 5 heterocycles. The summed E-state index contributed by atoms with van der Waals surface area (Å²) in [6.07, 6.45) is 7.81. The van der Waals surface area contributed by atoms with Crippen molar-refractivity contribution in [1.82, 2.24) is 24.8 Å². The molecule has 0 spiro atoms. The first-order valence-electron chi connectivity index (χ1n) is 10.8. The van der Waals surface area contributed by atoms with Gasteiger partial charge in [-0.25, -0.2) is 19.7 Å². The molecule has 3 aromatic heterocycles. The standard InChI is InChI=1S/C23H24N6O4/c1-13-11-29(12-25-13)21-10-16(7-8-24-21)32-18-5-6-20(26-14(18)2)27-23(31)28-22(30)17-9-15-3-4-19(17)33-15/h5-8,10-12,15,17,19H,3-4,9H2,1-2H3,(H2,26,27,28,30,31). The Bertz CT molecular complexity index is 1210. The maximum Gasteiger partial charge on any atom is 0.327 e. The number of pyridine rings is 2. The van der Waals surface area contributed by atoms with Gasteiger partial charge in [-0.2, -0.15) is 0 Å². The molecule has 0 radical (unpaired) electrons. The van der Waals surface area contributed by atoms with E-state index in [1.807, 2.05) is 17.7 Å². The number of carbonyl (C=O) groups is 2. The van der Waals surface area contributed by atoms with Crippen LogP contribution in [0.4, 0.5) is 10.6 Å². The monoisotopic (exact) mass is 448 g/mol. The predicted octanol–water partition coefficient (Wildman–Crippen LogP) is 3.29. The van der Waals surface area contributed by atoms with Crippen LogP contribution in [0.15, 0.2) is 43.0 Å². The highest BCUT2D eigenvalue weighted by molar-refractivity contribution is 6.01. The Hall–Kier alpha value is -3.79. The smallest absolute Gasteiger partial charge is 0.327 e. The average molecular weight is 448 g/mol. The van der Waals surface area contributed by atoms with Crippen molar-refractivity contribution in [1.29, 1.82) is 0 Å². The number of ether oxygens (including phenoxy) is 2. The van der Waals surface area contributed by atoms with Crippen molar-refractivity contribution >= 4 is 17.8 Å². The number of carbonyl (C=O) groups excluding carboxylic acids is 2. The van der Waals surface area contributed by atoms with Crippen LogP contribution >= 0.6 is 0 Å². The second-order valence-corrected chi connectivity index (χ2v) is 8.31. The van der Waals surface area contributed by atoms with Crippen LogP contribution in [0.25, 0.3) is 5.82 Å². The molecule has 3 unspecified atom stereocenters. The second kappa shape index (κ2) is 8.62. The van der Waals surface area contributed by atoms with Gasteiger partial charge in [0.1, 0.15) is 29.5 Å². The van der Waals surface area contributed by atoms with Crippen molar-refractivity contribution < 1.29 is 19.1 Å². The lowest BCUT2D eigenvalue weighted by Crippen LogP contribution is -2.41. The lowest BCUT2D eigenvalue weighted by molar-refractivity contribution is -0.125. The van der Waals surface area contributed by atoms with E-state index in [0.29, 0.717) is 35.2 Å². The van der Waals surface area contributed by atoms with Crippen LogP contribution in [0.3, 0.4) is 0 Å². The number of fused-ring (bicyclic) bond motifs is 2. The molecule has 170 valence electrons. The molecular weight excluding hydrogens is 424 g/mol. The van der Waals surface area contributed by atoms with Crippen LogP contribution in [0.1, 0.15) is 30.7 Å². The molecule has 0 aromatic carbocycles. The molecule has 3 aromatic rings. The first kappa shape index (κ1) is 21.1. The number of imidazole rings is 1. The number of imide groups is 1. The number of aromatic nitrogens is 4. The molecule has 2 bridgehead atoms. The molecule has 10 nitrogen and oxygen atoms in total. The second-order valence-electron chi connectivity index (χ2n) is 8.31. The van der Waals surface area contributed by atoms with Gasteiger partial charge in [0, 0.05) is 18.5 Å². The number of anilines is 1. The maximum absolute atomic E-state index is 12.4. The zero-order valence-corrected chi connectivity index (χ0v) is 18.3. The highest BCUT2D eigenvalue weighted by atomic mass is 16.5. The van der Waals surface area contributed by atoms with Gasteiger partial charge in [0.15, 0.2) is 0 Å². The number of urea groups is 1. The van der Waals surface area contributed by atoms with E-state index in [2.05, 4.69) is 25.6 Å². The fourth-order valence-corrected chi connectivity index (χ4v) is 4.27. The number of aryl methyl sites for hydroxylation is 2. The molecule has 3 atom stereocenters. The molecule has 2 fully saturated rings. The van der Waals surface area contributed by atoms with Gasteiger partial charge in [-0.05, 0) is 51.3 Å². The van der Waals surface area contributed by atoms with E-state index in [1.54, 1.807) is 43.7 Å². The Labute approximate surface area is 190 Å². The van der Waals surface area contributed by atoms with Crippen molar-refractivity contribution in [3.05, 3.63) is 54.4 Å². The SMILES string of the molecule is Cc1cn(-c2cc(Oc3ccc(NC(=O)NC(=O)C4CC5CCC4O5)nc3C)ccn2)cn1. The van der Waals surface area contributed by atoms with Gasteiger partial charge in [0.25, 0.3) is 0 Å². The molecule has 2 aliphatic heterocycles. The summed E-state index contributed by atoms with van der Waals surface area (Å²) in [6, 6.07) is 6.26. The van der Waals surface area contributed by atoms with Crippen molar-refractivity contribution in [2.75, 3.05) is 5.32 Å². The third-order valence-corrected chi connectivity index (χ3v) is 5.88. The molecular formula is C23H24N6O4. The Kier molecular flexibility index (Phi) is 5.51. The van der Waals surface area contributed by atoms with Crippen LogP contribution in [0, 0.1) is 19.8 Å². The van der Waals surface area contributed by atoms with Crippen molar-refractivity contribution in [2.45, 2.75) is 45.3 Å². The van der Waals surface area contributed by atoms with E-state index < -0.39 is 6.03 Å². The number of hydrogen-bond acceptors (Lipinski definition) is 7. The van der Waals surface area contributed by atoms with E-state index in [0.717, 1.165) is 18.5 Å². The van der Waals surface area contributed by atoms with Gasteiger partial charge >= 0.3 is 6.03 Å². The van der Waals surface area contributed by atoms with Crippen LogP contribution in [0.5, 0.6) is 11.5 Å². The summed E-state index contributed by atoms with van der Waals surface area (Å²) in [5.74, 6) is 1.55. The number of rotatable bonds is 5. The predicted molar refractivity (Wildman–Crippen MR) is 118 cm³/mol. The summed E-state index contributed by atoms with van der Waals surface area (Å²) >= 11 is 0. The fourth-order valence-electron chi connectivity index (χ4n) is 4.27. The average Bonchev–Trinajstić information content (AvgIpc) is 3.53. The summed E-state index contributed by atoms with van der Waals surface area (Å²) < 4.78 is 13.5. The first-order chi connectivity index (χ1) is 15.9. The fraction of sp³-hybridized carbons (Fsp3) is 0.348. The van der Waals surface area contributed by atoms with Gasteiger partial charge in [0.2, 0.25) is 5.91 Å². The Balaban J connectivity index is 1.21. The van der Waals surface area contributed by atoms with Gasteiger partial charge in [0.05, 0.1) is 29.5 Å². The summed E-state index contributed by atoms with van der Waals surface area (Å²) in [5, 5.41) is 5.00. The van der Waals surface area contributed by atoms with E-state index in [9.17, 15) is 9.59 Å². The quantitative estimate of drug-likeness (QED) is 0.614. The molecule has 33 heavy (non-hydrogen) atoms. The van der Waals surface area contributed by atoms with Crippen molar-refractivity contribution in [2.24, 2.45) is 5.92 Å². The molecule has 2 aliphatic rings. The maximum atomic E-state index is 12.4. The zero-order valence-electron chi connectivity index (χ0n) is 18.3. The molecule has 0 saturated carbocycles. The lowest BCUT2D eigenvalue weighted by atomic mass is 9.89. The Morgan fingerprint density at radius 3 is 2.76 bits per heavy atom. The van der Waals surface area contributed by atoms with Crippen LogP contribution in [0.2, 0.25) is 0 Å². The lowest BCUT2D eigenvalue weighted by Gasteiger charge is -2.17. The molecule has 2 saturated heterocycles. The van der Waals surface area contributed by atoms with Crippen LogP contribution < -0.4 is 15.4 Å². The highest BCUT2D eigenvalue weighted by Gasteiger charge is 2.44. The Morgan fingerprint density at radius 2 is 2.06 bits per heavy atom. The topological polar surface area (TPSA) is 120 Å². The third-order valence-electron chi connectivity index (χ3n) is 5.88. The van der Waals surface area contributed by atoms with Gasteiger partial charge < -0.3 is 9.47 Å². The number of hydrogen-bond donors (Lipinski definition) is 2. The first-order valence-corrected chi connectivity index (χ1v) is 10.8. The minimum Gasteiger partial charge on any atom is -0.455 e. The summed E-state index contributed by atoms with van der Waals surface area (Å²) in [7, 11) is 0.